The number of hydrogen-bond donors (Lipinski definition) is 1. The molecule has 1 radical (unpaired) electrons. The lowest BCUT2D eigenvalue weighted by molar-refractivity contribution is -0.0500. The monoisotopic (exact) mass is 506 g/mol. The molecule has 6 nitrogen and oxygen atoms in total. The third kappa shape index (κ3) is 5.23. The number of amides is 1. The standard InChI is InChI=1S/C27H19ClF2N3O3/c1-15-6-9-22(32-13-15)26(35)33-21-5-3-4-19(16(21)2)20-10-11-31-25(24(20)28)17-7-8-18(14-34)23(12-17)36-27(29)30/h3-14,27H,1H2,2H3,(H,33,35). The van der Waals surface area contributed by atoms with Gasteiger partial charge in [0.15, 0.2) is 6.29 Å². The van der Waals surface area contributed by atoms with Crippen LogP contribution in [-0.2, 0) is 0 Å². The molecule has 0 spiro atoms. The van der Waals surface area contributed by atoms with Gasteiger partial charge in [-0.1, -0.05) is 35.9 Å². The Hall–Kier alpha value is -4.17. The summed E-state index contributed by atoms with van der Waals surface area (Å²) in [6.07, 6.45) is 3.47. The van der Waals surface area contributed by atoms with Crippen LogP contribution in [0, 0.1) is 13.8 Å². The van der Waals surface area contributed by atoms with Gasteiger partial charge in [0.1, 0.15) is 11.4 Å². The largest absolute Gasteiger partial charge is 0.434 e. The molecule has 0 unspecified atom stereocenters. The SMILES string of the molecule is [CH2]c1ccc(C(=O)Nc2cccc(-c3ccnc(-c4ccc(C=O)c(OC(F)F)c4)c3Cl)c2C)nc1. The van der Waals surface area contributed by atoms with Crippen LogP contribution in [0.15, 0.2) is 67.0 Å². The molecule has 0 aliphatic heterocycles. The summed E-state index contributed by atoms with van der Waals surface area (Å²) in [6, 6.07) is 14.6. The number of rotatable bonds is 7. The molecule has 0 saturated carbocycles. The zero-order chi connectivity index (χ0) is 25.8. The van der Waals surface area contributed by atoms with Crippen LogP contribution in [0.3, 0.4) is 0 Å². The average Bonchev–Trinajstić information content (AvgIpc) is 2.86. The molecule has 0 saturated heterocycles. The van der Waals surface area contributed by atoms with Gasteiger partial charge in [0.05, 0.1) is 16.3 Å². The first kappa shape index (κ1) is 24.9. The van der Waals surface area contributed by atoms with Gasteiger partial charge in [-0.25, -0.2) is 0 Å². The molecule has 0 aliphatic rings. The van der Waals surface area contributed by atoms with Gasteiger partial charge in [0.2, 0.25) is 0 Å². The number of hydrogen-bond acceptors (Lipinski definition) is 5. The van der Waals surface area contributed by atoms with E-state index in [9.17, 15) is 18.4 Å². The third-order valence-electron chi connectivity index (χ3n) is 5.45. The fourth-order valence-corrected chi connectivity index (χ4v) is 3.96. The van der Waals surface area contributed by atoms with Gasteiger partial charge in [0.25, 0.3) is 5.91 Å². The van der Waals surface area contributed by atoms with Gasteiger partial charge in [-0.05, 0) is 60.9 Å². The van der Waals surface area contributed by atoms with E-state index in [1.165, 1.54) is 24.5 Å². The van der Waals surface area contributed by atoms with Crippen LogP contribution in [0.25, 0.3) is 22.4 Å². The van der Waals surface area contributed by atoms with Crippen LogP contribution in [0.2, 0.25) is 5.02 Å². The minimum atomic E-state index is -3.10. The summed E-state index contributed by atoms with van der Waals surface area (Å²) >= 11 is 6.73. The van der Waals surface area contributed by atoms with E-state index in [1.54, 1.807) is 36.4 Å². The van der Waals surface area contributed by atoms with E-state index in [2.05, 4.69) is 26.9 Å². The minimum absolute atomic E-state index is 0.0232. The Kier molecular flexibility index (Phi) is 7.36. The smallest absolute Gasteiger partial charge is 0.387 e. The molecule has 4 aromatic rings. The highest BCUT2D eigenvalue weighted by Gasteiger charge is 2.18. The number of nitrogens with zero attached hydrogens (tertiary/aromatic N) is 2. The van der Waals surface area contributed by atoms with Crippen molar-refractivity contribution in [2.45, 2.75) is 13.5 Å². The van der Waals surface area contributed by atoms with Crippen molar-refractivity contribution in [3.8, 4) is 28.1 Å². The lowest BCUT2D eigenvalue weighted by Crippen LogP contribution is -2.14. The zero-order valence-corrected chi connectivity index (χ0v) is 19.7. The van der Waals surface area contributed by atoms with E-state index < -0.39 is 6.61 Å². The number of pyridine rings is 2. The summed E-state index contributed by atoms with van der Waals surface area (Å²) in [5.74, 6) is -0.652. The molecule has 181 valence electrons. The second-order valence-electron chi connectivity index (χ2n) is 7.75. The van der Waals surface area contributed by atoms with E-state index >= 15 is 0 Å². The molecule has 0 fully saturated rings. The van der Waals surface area contributed by atoms with Crippen molar-refractivity contribution in [2.24, 2.45) is 0 Å². The van der Waals surface area contributed by atoms with Crippen molar-refractivity contribution in [3.05, 3.63) is 101 Å². The molecule has 9 heteroatoms. The van der Waals surface area contributed by atoms with Gasteiger partial charge < -0.3 is 10.1 Å². The second-order valence-corrected chi connectivity index (χ2v) is 8.13. The Morgan fingerprint density at radius 2 is 1.92 bits per heavy atom. The molecule has 1 N–H and O–H groups in total. The first-order chi connectivity index (χ1) is 17.3. The summed E-state index contributed by atoms with van der Waals surface area (Å²) in [5, 5.41) is 3.12. The molecular weight excluding hydrogens is 488 g/mol. The maximum atomic E-state index is 12.8. The molecule has 36 heavy (non-hydrogen) atoms. The first-order valence-corrected chi connectivity index (χ1v) is 11.0. The lowest BCUT2D eigenvalue weighted by atomic mass is 9.97. The molecule has 0 atom stereocenters. The molecule has 0 bridgehead atoms. The van der Waals surface area contributed by atoms with Gasteiger partial charge >= 0.3 is 6.61 Å². The molecule has 2 aromatic carbocycles. The van der Waals surface area contributed by atoms with Gasteiger partial charge in [-0.2, -0.15) is 8.78 Å². The number of aromatic nitrogens is 2. The molecular formula is C27H19ClF2N3O3. The first-order valence-electron chi connectivity index (χ1n) is 10.7. The van der Waals surface area contributed by atoms with E-state index in [-0.39, 0.29) is 27.9 Å². The number of anilines is 1. The van der Waals surface area contributed by atoms with Crippen LogP contribution < -0.4 is 10.1 Å². The van der Waals surface area contributed by atoms with Crippen molar-refractivity contribution in [3.63, 3.8) is 0 Å². The quantitative estimate of drug-likeness (QED) is 0.285. The number of carbonyl (C=O) groups excluding carboxylic acids is 2. The van der Waals surface area contributed by atoms with E-state index in [0.29, 0.717) is 34.4 Å². The lowest BCUT2D eigenvalue weighted by Gasteiger charge is -2.15. The van der Waals surface area contributed by atoms with E-state index in [4.69, 9.17) is 11.6 Å². The highest BCUT2D eigenvalue weighted by molar-refractivity contribution is 6.35. The van der Waals surface area contributed by atoms with Gasteiger partial charge in [-0.3, -0.25) is 19.6 Å². The predicted molar refractivity (Wildman–Crippen MR) is 134 cm³/mol. The van der Waals surface area contributed by atoms with Crippen molar-refractivity contribution in [1.29, 1.82) is 0 Å². The Labute approximate surface area is 210 Å². The Bertz CT molecular complexity index is 1440. The Morgan fingerprint density at radius 3 is 2.61 bits per heavy atom. The number of benzene rings is 2. The summed E-state index contributed by atoms with van der Waals surface area (Å²) in [4.78, 5) is 32.3. The number of ether oxygens (including phenoxy) is 1. The summed E-state index contributed by atoms with van der Waals surface area (Å²) in [6.45, 7) is 2.50. The van der Waals surface area contributed by atoms with Crippen LogP contribution in [-0.4, -0.2) is 28.8 Å². The van der Waals surface area contributed by atoms with Crippen LogP contribution in [0.1, 0.15) is 32.0 Å². The fourth-order valence-electron chi connectivity index (χ4n) is 3.64. The number of carbonyl (C=O) groups is 2. The summed E-state index contributed by atoms with van der Waals surface area (Å²) in [5.41, 5.74) is 4.29. The molecule has 4 rings (SSSR count). The van der Waals surface area contributed by atoms with Crippen LogP contribution >= 0.6 is 11.6 Å². The average molecular weight is 507 g/mol. The maximum absolute atomic E-state index is 12.8. The van der Waals surface area contributed by atoms with Gasteiger partial charge in [-0.15, -0.1) is 0 Å². The van der Waals surface area contributed by atoms with Crippen LogP contribution in [0.5, 0.6) is 5.75 Å². The minimum Gasteiger partial charge on any atom is -0.434 e. The molecule has 2 aromatic heterocycles. The normalized spacial score (nSPS) is 10.8. The highest BCUT2D eigenvalue weighted by atomic mass is 35.5. The number of aldehydes is 1. The maximum Gasteiger partial charge on any atom is 0.387 e. The van der Waals surface area contributed by atoms with Crippen molar-refractivity contribution >= 4 is 29.5 Å². The summed E-state index contributed by atoms with van der Waals surface area (Å²) in [7, 11) is 0. The fraction of sp³-hybridized carbons (Fsp3) is 0.0741. The molecule has 1 amide bonds. The van der Waals surface area contributed by atoms with Crippen molar-refractivity contribution < 1.29 is 23.1 Å². The van der Waals surface area contributed by atoms with E-state index in [0.717, 1.165) is 11.1 Å². The Morgan fingerprint density at radius 1 is 1.11 bits per heavy atom. The second kappa shape index (κ2) is 10.6. The van der Waals surface area contributed by atoms with Crippen molar-refractivity contribution in [1.82, 2.24) is 9.97 Å². The summed E-state index contributed by atoms with van der Waals surface area (Å²) < 4.78 is 30.1. The van der Waals surface area contributed by atoms with Crippen molar-refractivity contribution in [2.75, 3.05) is 5.32 Å². The molecule has 2 heterocycles. The highest BCUT2D eigenvalue weighted by Crippen LogP contribution is 2.39. The number of nitrogens with one attached hydrogen (secondary N) is 1. The number of alkyl halides is 2. The third-order valence-corrected chi connectivity index (χ3v) is 5.83. The predicted octanol–water partition coefficient (Wildman–Crippen LogP) is 6.62. The van der Waals surface area contributed by atoms with Gasteiger partial charge in [0, 0.05) is 29.2 Å². The van der Waals surface area contributed by atoms with E-state index in [1.807, 2.05) is 13.0 Å². The molecule has 0 aliphatic carbocycles. The topological polar surface area (TPSA) is 81.2 Å². The Balaban J connectivity index is 1.71. The number of halogens is 3. The van der Waals surface area contributed by atoms with Crippen LogP contribution in [0.4, 0.5) is 14.5 Å². The zero-order valence-electron chi connectivity index (χ0n) is 19.0.